The van der Waals surface area contributed by atoms with Crippen LogP contribution >= 0.6 is 12.6 Å². The van der Waals surface area contributed by atoms with Crippen molar-refractivity contribution in [3.05, 3.63) is 0 Å². The third kappa shape index (κ3) is 5.29. The molecular weight excluding hydrogens is 193 g/mol. The molecule has 2 nitrogen and oxygen atoms in total. The summed E-state index contributed by atoms with van der Waals surface area (Å²) in [6.45, 7) is 1.15. The van der Waals surface area contributed by atoms with Gasteiger partial charge < -0.3 is 4.74 Å². The smallest absolute Gasteiger partial charge is 0.422 e. The van der Waals surface area contributed by atoms with Crippen molar-refractivity contribution in [2.75, 3.05) is 6.61 Å². The van der Waals surface area contributed by atoms with E-state index >= 15 is 0 Å². The molecule has 0 saturated heterocycles. The molecule has 0 N–H and O–H groups in total. The van der Waals surface area contributed by atoms with Gasteiger partial charge in [0.25, 0.3) is 0 Å². The van der Waals surface area contributed by atoms with Gasteiger partial charge in [-0.2, -0.15) is 25.8 Å². The first-order valence-corrected chi connectivity index (χ1v) is 3.54. The predicted molar refractivity (Wildman–Crippen MR) is 40.1 cm³/mol. The Balaban J connectivity index is 3.90. The fourth-order valence-corrected chi connectivity index (χ4v) is 0.389. The van der Waals surface area contributed by atoms with Crippen molar-refractivity contribution < 1.29 is 22.7 Å². The van der Waals surface area contributed by atoms with Gasteiger partial charge in [0, 0.05) is 0 Å². The third-order valence-corrected chi connectivity index (χ3v) is 1.05. The molecular formula is C6H9F3O2S. The van der Waals surface area contributed by atoms with Gasteiger partial charge in [0.2, 0.25) is 0 Å². The third-order valence-electron chi connectivity index (χ3n) is 0.866. The zero-order chi connectivity index (χ0) is 9.99. The van der Waals surface area contributed by atoms with Crippen molar-refractivity contribution in [2.24, 2.45) is 0 Å². The van der Waals surface area contributed by atoms with Crippen LogP contribution in [0.2, 0.25) is 0 Å². The zero-order valence-electron chi connectivity index (χ0n) is 6.60. The van der Waals surface area contributed by atoms with E-state index in [2.05, 4.69) is 17.4 Å². The molecule has 0 heterocycles. The number of thiol groups is 1. The first kappa shape index (κ1) is 11.6. The average Bonchev–Trinajstić information content (AvgIpc) is 1.78. The van der Waals surface area contributed by atoms with E-state index in [-0.39, 0.29) is 0 Å². The van der Waals surface area contributed by atoms with Crippen LogP contribution in [-0.2, 0) is 9.53 Å². The van der Waals surface area contributed by atoms with Crippen LogP contribution in [0.15, 0.2) is 0 Å². The summed E-state index contributed by atoms with van der Waals surface area (Å²) < 4.78 is 37.2. The summed E-state index contributed by atoms with van der Waals surface area (Å²) in [6, 6.07) is 0. The fraction of sp³-hybridized carbons (Fsp3) is 0.833. The molecule has 0 radical (unpaired) electrons. The zero-order valence-corrected chi connectivity index (χ0v) is 7.50. The molecule has 0 fully saturated rings. The van der Waals surface area contributed by atoms with Gasteiger partial charge in [0.15, 0.2) is 6.61 Å². The van der Waals surface area contributed by atoms with E-state index in [9.17, 15) is 18.0 Å². The number of alkyl halides is 3. The molecule has 0 aliphatic carbocycles. The molecule has 72 valence electrons. The molecule has 0 aromatic carbocycles. The lowest BCUT2D eigenvalue weighted by atomic mass is 10.2. The predicted octanol–water partition coefficient (Wildman–Crippen LogP) is 1.80. The minimum Gasteiger partial charge on any atom is -0.455 e. The molecule has 0 atom stereocenters. The van der Waals surface area contributed by atoms with E-state index in [1.54, 1.807) is 0 Å². The van der Waals surface area contributed by atoms with Crippen molar-refractivity contribution in [3.63, 3.8) is 0 Å². The maximum Gasteiger partial charge on any atom is 0.422 e. The highest BCUT2D eigenvalue weighted by Gasteiger charge is 2.33. The van der Waals surface area contributed by atoms with Crippen LogP contribution in [0.1, 0.15) is 13.8 Å². The largest absolute Gasteiger partial charge is 0.455 e. The molecule has 0 aliphatic rings. The van der Waals surface area contributed by atoms with Crippen LogP contribution in [0.3, 0.4) is 0 Å². The Morgan fingerprint density at radius 3 is 2.08 bits per heavy atom. The number of carbonyl (C=O) groups excluding carboxylic acids is 1. The minimum absolute atomic E-state index is 0.983. The Bertz CT molecular complexity index is 171. The first-order valence-electron chi connectivity index (χ1n) is 3.09. The summed E-state index contributed by atoms with van der Waals surface area (Å²) in [4.78, 5) is 10.7. The Morgan fingerprint density at radius 2 is 1.83 bits per heavy atom. The van der Waals surface area contributed by atoms with Gasteiger partial charge in [-0.3, -0.25) is 4.79 Å². The van der Waals surface area contributed by atoms with Gasteiger partial charge >= 0.3 is 12.1 Å². The summed E-state index contributed by atoms with van der Waals surface area (Å²) in [6.07, 6.45) is -4.48. The van der Waals surface area contributed by atoms with E-state index < -0.39 is 23.5 Å². The van der Waals surface area contributed by atoms with Crippen LogP contribution < -0.4 is 0 Å². The molecule has 6 heteroatoms. The number of carbonyl (C=O) groups is 1. The van der Waals surface area contributed by atoms with E-state index in [4.69, 9.17) is 0 Å². The number of esters is 1. The van der Waals surface area contributed by atoms with Gasteiger partial charge in [0.05, 0.1) is 0 Å². The van der Waals surface area contributed by atoms with Crippen LogP contribution in [-0.4, -0.2) is 23.5 Å². The van der Waals surface area contributed by atoms with Crippen molar-refractivity contribution in [1.29, 1.82) is 0 Å². The normalized spacial score (nSPS) is 12.8. The minimum atomic E-state index is -4.48. The number of ether oxygens (including phenoxy) is 1. The topological polar surface area (TPSA) is 26.3 Å². The van der Waals surface area contributed by atoms with Gasteiger partial charge in [-0.05, 0) is 13.8 Å². The molecule has 0 spiro atoms. The second kappa shape index (κ2) is 3.55. The van der Waals surface area contributed by atoms with Gasteiger partial charge in [-0.25, -0.2) is 0 Å². The van der Waals surface area contributed by atoms with Crippen LogP contribution in [0.25, 0.3) is 0 Å². The maximum atomic E-state index is 11.5. The SMILES string of the molecule is CC(C)(S)C(=O)OCC(F)(F)F. The highest BCUT2D eigenvalue weighted by atomic mass is 32.1. The van der Waals surface area contributed by atoms with Gasteiger partial charge in [-0.15, -0.1) is 0 Å². The standard InChI is InChI=1S/C6H9F3O2S/c1-5(2,12)4(10)11-3-6(7,8)9/h12H,3H2,1-2H3. The second-order valence-electron chi connectivity index (χ2n) is 2.75. The lowest BCUT2D eigenvalue weighted by molar-refractivity contribution is -0.187. The second-order valence-corrected chi connectivity index (χ2v) is 3.87. The van der Waals surface area contributed by atoms with Crippen LogP contribution in [0.4, 0.5) is 13.2 Å². The number of halogens is 3. The van der Waals surface area contributed by atoms with E-state index in [1.807, 2.05) is 0 Å². The van der Waals surface area contributed by atoms with E-state index in [0.29, 0.717) is 0 Å². The number of hydrogen-bond acceptors (Lipinski definition) is 3. The van der Waals surface area contributed by atoms with Gasteiger partial charge in [0.1, 0.15) is 4.75 Å². The maximum absolute atomic E-state index is 11.5. The Hall–Kier alpha value is -0.390. The van der Waals surface area contributed by atoms with Gasteiger partial charge in [-0.1, -0.05) is 0 Å². The average molecular weight is 202 g/mol. The lowest BCUT2D eigenvalue weighted by Gasteiger charge is -2.16. The van der Waals surface area contributed by atoms with Crippen molar-refractivity contribution in [3.8, 4) is 0 Å². The Kier molecular flexibility index (Phi) is 3.44. The molecule has 0 amide bonds. The molecule has 0 unspecified atom stereocenters. The molecule has 0 rings (SSSR count). The van der Waals surface area contributed by atoms with Crippen molar-refractivity contribution >= 4 is 18.6 Å². The van der Waals surface area contributed by atoms with Crippen molar-refractivity contribution in [1.82, 2.24) is 0 Å². The highest BCUT2D eigenvalue weighted by molar-refractivity contribution is 7.82. The molecule has 12 heavy (non-hydrogen) atoms. The summed E-state index contributed by atoms with van der Waals surface area (Å²) in [5, 5.41) is 0. The van der Waals surface area contributed by atoms with E-state index in [1.165, 1.54) is 13.8 Å². The molecule has 0 aliphatic heterocycles. The lowest BCUT2D eigenvalue weighted by Crippen LogP contribution is -2.31. The van der Waals surface area contributed by atoms with E-state index in [0.717, 1.165) is 0 Å². The van der Waals surface area contributed by atoms with Crippen LogP contribution in [0.5, 0.6) is 0 Å². The Labute approximate surface area is 73.5 Å². The summed E-state index contributed by atoms with van der Waals surface area (Å²) in [5.74, 6) is -0.983. The summed E-state index contributed by atoms with van der Waals surface area (Å²) in [7, 11) is 0. The molecule has 0 bridgehead atoms. The molecule has 0 aromatic rings. The number of hydrogen-bond donors (Lipinski definition) is 1. The number of rotatable bonds is 2. The Morgan fingerprint density at radius 1 is 1.42 bits per heavy atom. The molecule has 0 saturated carbocycles. The highest BCUT2D eigenvalue weighted by Crippen LogP contribution is 2.18. The van der Waals surface area contributed by atoms with Crippen LogP contribution in [0, 0.1) is 0 Å². The summed E-state index contributed by atoms with van der Waals surface area (Å²) >= 11 is 3.74. The fourth-order valence-electron chi connectivity index (χ4n) is 0.324. The summed E-state index contributed by atoms with van der Waals surface area (Å²) in [5.41, 5.74) is 0. The monoisotopic (exact) mass is 202 g/mol. The first-order chi connectivity index (χ1) is 5.13. The molecule has 0 aromatic heterocycles. The quantitative estimate of drug-likeness (QED) is 0.546. The van der Waals surface area contributed by atoms with Crippen molar-refractivity contribution in [2.45, 2.75) is 24.8 Å².